The van der Waals surface area contributed by atoms with Crippen molar-refractivity contribution in [2.75, 3.05) is 19.0 Å². The van der Waals surface area contributed by atoms with Crippen LogP contribution in [-0.2, 0) is 4.57 Å². The van der Waals surface area contributed by atoms with Gasteiger partial charge in [-0.1, -0.05) is 5.92 Å². The molecule has 1 aromatic carbocycles. The fourth-order valence-electron chi connectivity index (χ4n) is 2.83. The summed E-state index contributed by atoms with van der Waals surface area (Å²) >= 11 is 0. The van der Waals surface area contributed by atoms with E-state index in [1.165, 1.54) is 0 Å². The largest absolute Gasteiger partial charge is 0.495 e. The third-order valence-corrected chi connectivity index (χ3v) is 8.44. The number of terminal acetylenes is 1. The monoisotopic (exact) mass is 289 g/mol. The lowest BCUT2D eigenvalue weighted by Gasteiger charge is -2.19. The highest BCUT2D eigenvalue weighted by atomic mass is 31.2. The molecule has 2 aliphatic rings. The van der Waals surface area contributed by atoms with Gasteiger partial charge in [-0.25, -0.2) is 0 Å². The molecule has 3 nitrogen and oxygen atoms in total. The van der Waals surface area contributed by atoms with Gasteiger partial charge in [0.15, 0.2) is 0 Å². The Hall–Kier alpha value is -1.39. The summed E-state index contributed by atoms with van der Waals surface area (Å²) in [7, 11) is -0.589. The Morgan fingerprint density at radius 3 is 2.50 bits per heavy atom. The molecule has 20 heavy (non-hydrogen) atoms. The number of anilines is 1. The van der Waals surface area contributed by atoms with E-state index in [9.17, 15) is 4.57 Å². The van der Waals surface area contributed by atoms with Gasteiger partial charge in [0.1, 0.15) is 12.9 Å². The Morgan fingerprint density at radius 1 is 1.35 bits per heavy atom. The Kier molecular flexibility index (Phi) is 3.52. The highest BCUT2D eigenvalue weighted by Crippen LogP contribution is 2.69. The maximum Gasteiger partial charge on any atom is 0.142 e. The second-order valence-corrected chi connectivity index (χ2v) is 9.01. The molecule has 1 aromatic rings. The van der Waals surface area contributed by atoms with E-state index in [1.807, 2.05) is 18.2 Å². The Labute approximate surface area is 120 Å². The summed E-state index contributed by atoms with van der Waals surface area (Å²) in [6, 6.07) is 5.90. The van der Waals surface area contributed by atoms with Gasteiger partial charge in [-0.3, -0.25) is 0 Å². The second-order valence-electron chi connectivity index (χ2n) is 5.61. The third-order valence-electron chi connectivity index (χ3n) is 4.15. The molecule has 0 aliphatic heterocycles. The quantitative estimate of drug-likeness (QED) is 0.646. The first-order valence-corrected chi connectivity index (χ1v) is 9.00. The lowest BCUT2D eigenvalue weighted by Crippen LogP contribution is -2.13. The van der Waals surface area contributed by atoms with Crippen LogP contribution in [-0.4, -0.2) is 25.0 Å². The number of hydrogen-bond acceptors (Lipinski definition) is 3. The first kappa shape index (κ1) is 13.6. The van der Waals surface area contributed by atoms with Crippen LogP contribution in [0.2, 0.25) is 0 Å². The number of hydrogen-bond donors (Lipinski definition) is 1. The molecule has 2 aliphatic carbocycles. The van der Waals surface area contributed by atoms with Crippen LogP contribution in [0.1, 0.15) is 25.7 Å². The van der Waals surface area contributed by atoms with E-state index < -0.39 is 7.14 Å². The molecule has 0 bridgehead atoms. The predicted octanol–water partition coefficient (Wildman–Crippen LogP) is 3.05. The molecular weight excluding hydrogens is 269 g/mol. The fourth-order valence-corrected chi connectivity index (χ4v) is 6.72. The normalized spacial score (nSPS) is 18.4. The van der Waals surface area contributed by atoms with Crippen molar-refractivity contribution < 1.29 is 9.30 Å². The Morgan fingerprint density at radius 2 is 2.00 bits per heavy atom. The van der Waals surface area contributed by atoms with Gasteiger partial charge in [-0.2, -0.15) is 0 Å². The van der Waals surface area contributed by atoms with Crippen molar-refractivity contribution in [3.63, 3.8) is 0 Å². The van der Waals surface area contributed by atoms with Gasteiger partial charge in [-0.15, -0.1) is 6.42 Å². The van der Waals surface area contributed by atoms with Crippen molar-refractivity contribution in [1.82, 2.24) is 0 Å². The van der Waals surface area contributed by atoms with Crippen LogP contribution >= 0.6 is 7.14 Å². The molecule has 0 unspecified atom stereocenters. The van der Waals surface area contributed by atoms with Crippen molar-refractivity contribution in [2.45, 2.75) is 37.0 Å². The van der Waals surface area contributed by atoms with Crippen LogP contribution in [0.15, 0.2) is 18.2 Å². The highest BCUT2D eigenvalue weighted by molar-refractivity contribution is 7.73. The summed E-state index contributed by atoms with van der Waals surface area (Å²) in [6.07, 6.45) is 9.74. The van der Waals surface area contributed by atoms with Crippen LogP contribution in [0.3, 0.4) is 0 Å². The molecule has 0 heterocycles. The lowest BCUT2D eigenvalue weighted by atomic mass is 10.3. The molecule has 2 fully saturated rings. The smallest absolute Gasteiger partial charge is 0.142 e. The summed E-state index contributed by atoms with van der Waals surface area (Å²) in [5.74, 6) is 3.28. The first-order chi connectivity index (χ1) is 9.70. The molecule has 1 N–H and O–H groups in total. The maximum absolute atomic E-state index is 13.4. The Balaban J connectivity index is 1.94. The summed E-state index contributed by atoms with van der Waals surface area (Å²) in [4.78, 5) is 0. The maximum atomic E-state index is 13.4. The lowest BCUT2D eigenvalue weighted by molar-refractivity contribution is 0.417. The molecule has 0 atom stereocenters. The van der Waals surface area contributed by atoms with Crippen molar-refractivity contribution in [2.24, 2.45) is 0 Å². The van der Waals surface area contributed by atoms with Crippen molar-refractivity contribution in [1.29, 1.82) is 0 Å². The molecule has 0 amide bonds. The number of benzene rings is 1. The van der Waals surface area contributed by atoms with E-state index in [-0.39, 0.29) is 0 Å². The van der Waals surface area contributed by atoms with Crippen LogP contribution in [0.5, 0.6) is 5.75 Å². The van der Waals surface area contributed by atoms with E-state index >= 15 is 0 Å². The van der Waals surface area contributed by atoms with Crippen LogP contribution < -0.4 is 15.4 Å². The Bertz CT molecular complexity index is 581. The molecule has 2 saturated carbocycles. The second kappa shape index (κ2) is 5.19. The van der Waals surface area contributed by atoms with Gasteiger partial charge in [0.05, 0.1) is 19.3 Å². The summed E-state index contributed by atoms with van der Waals surface area (Å²) in [5, 5.41) is 4.12. The van der Waals surface area contributed by atoms with Gasteiger partial charge in [0.2, 0.25) is 0 Å². The molecule has 4 heteroatoms. The van der Waals surface area contributed by atoms with Crippen molar-refractivity contribution in [3.05, 3.63) is 18.2 Å². The van der Waals surface area contributed by atoms with Crippen molar-refractivity contribution in [3.8, 4) is 18.1 Å². The van der Waals surface area contributed by atoms with Crippen LogP contribution in [0.4, 0.5) is 5.69 Å². The molecular formula is C16H20NO2P. The minimum atomic E-state index is -2.23. The topological polar surface area (TPSA) is 38.3 Å². The van der Waals surface area contributed by atoms with Crippen LogP contribution in [0, 0.1) is 12.3 Å². The van der Waals surface area contributed by atoms with Crippen LogP contribution in [0.25, 0.3) is 0 Å². The van der Waals surface area contributed by atoms with Gasteiger partial charge in [0.25, 0.3) is 0 Å². The number of ether oxygens (including phenoxy) is 1. The first-order valence-electron chi connectivity index (χ1n) is 7.15. The number of methoxy groups -OCH3 is 1. The SMILES string of the molecule is C#CCNc1ccc(P(=O)(C2CC2)C2CC2)cc1OC. The fraction of sp³-hybridized carbons (Fsp3) is 0.500. The van der Waals surface area contributed by atoms with E-state index in [4.69, 9.17) is 11.2 Å². The third kappa shape index (κ3) is 2.34. The zero-order chi connectivity index (χ0) is 14.2. The standard InChI is InChI=1S/C16H20NO2P/c1-3-10-17-15-9-8-14(11-16(15)19-2)20(18,12-4-5-12)13-6-7-13/h1,8-9,11-13,17H,4-7,10H2,2H3. The van der Waals surface area contributed by atoms with E-state index in [0.717, 1.165) is 42.4 Å². The summed E-state index contributed by atoms with van der Waals surface area (Å²) in [5.41, 5.74) is 1.71. The minimum absolute atomic E-state index is 0.421. The van der Waals surface area contributed by atoms with Gasteiger partial charge >= 0.3 is 0 Å². The molecule has 106 valence electrons. The number of rotatable bonds is 6. The summed E-state index contributed by atoms with van der Waals surface area (Å²) in [6.45, 7) is 0.457. The van der Waals surface area contributed by atoms with Gasteiger partial charge in [-0.05, 0) is 43.9 Å². The number of nitrogens with one attached hydrogen (secondary N) is 1. The molecule has 0 aromatic heterocycles. The van der Waals surface area contributed by atoms with E-state index in [1.54, 1.807) is 7.11 Å². The van der Waals surface area contributed by atoms with Gasteiger partial charge in [0, 0.05) is 16.6 Å². The summed E-state index contributed by atoms with van der Waals surface area (Å²) < 4.78 is 18.9. The average molecular weight is 289 g/mol. The van der Waals surface area contributed by atoms with E-state index in [0.29, 0.717) is 17.9 Å². The average Bonchev–Trinajstić information content (AvgIpc) is 3.33. The van der Waals surface area contributed by atoms with E-state index in [2.05, 4.69) is 11.2 Å². The zero-order valence-electron chi connectivity index (χ0n) is 11.8. The molecule has 0 saturated heterocycles. The van der Waals surface area contributed by atoms with Gasteiger partial charge < -0.3 is 14.6 Å². The molecule has 0 radical (unpaired) electrons. The predicted molar refractivity (Wildman–Crippen MR) is 83.6 cm³/mol. The molecule has 3 rings (SSSR count). The minimum Gasteiger partial charge on any atom is -0.495 e. The molecule has 0 spiro atoms. The highest BCUT2D eigenvalue weighted by Gasteiger charge is 2.51. The van der Waals surface area contributed by atoms with Crippen molar-refractivity contribution >= 4 is 18.1 Å². The zero-order valence-corrected chi connectivity index (χ0v) is 12.7.